The number of nitrogens with zero attached hydrogens (tertiary/aromatic N) is 2. The molecule has 0 aliphatic rings. The number of rotatable bonds is 4. The molecular weight excluding hydrogens is 389 g/mol. The zero-order valence-corrected chi connectivity index (χ0v) is 12.6. The maximum Gasteiger partial charge on any atom is 0.313 e. The van der Waals surface area contributed by atoms with Gasteiger partial charge in [0.2, 0.25) is 5.16 Å². The van der Waals surface area contributed by atoms with Gasteiger partial charge in [-0.25, -0.2) is 4.98 Å². The van der Waals surface area contributed by atoms with Crippen molar-refractivity contribution in [1.82, 2.24) is 15.2 Å². The average molecular weight is 396 g/mol. The monoisotopic (exact) mass is 395 g/mol. The first-order chi connectivity index (χ1) is 8.56. The van der Waals surface area contributed by atoms with Crippen LogP contribution in [0.1, 0.15) is 0 Å². The number of H-pyrrole nitrogens is 1. The van der Waals surface area contributed by atoms with Crippen LogP contribution in [0.5, 0.6) is 0 Å². The van der Waals surface area contributed by atoms with E-state index in [-0.39, 0.29) is 5.75 Å². The molecule has 1 heterocycles. The fourth-order valence-corrected chi connectivity index (χ4v) is 2.24. The Balaban J connectivity index is 2.18. The molecule has 94 valence electrons. The number of aliphatic carboxylic acids is 1. The topological polar surface area (TPSA) is 78.9 Å². The maximum absolute atomic E-state index is 10.4. The summed E-state index contributed by atoms with van der Waals surface area (Å²) in [6.07, 6.45) is 0. The van der Waals surface area contributed by atoms with Crippen LogP contribution in [0.2, 0.25) is 5.02 Å². The third kappa shape index (κ3) is 3.36. The Kier molecular flexibility index (Phi) is 4.46. The quantitative estimate of drug-likeness (QED) is 0.615. The van der Waals surface area contributed by atoms with Crippen LogP contribution >= 0.6 is 46.0 Å². The summed E-state index contributed by atoms with van der Waals surface area (Å²) < 4.78 is 0.956. The molecule has 0 amide bonds. The molecule has 0 bridgehead atoms. The first kappa shape index (κ1) is 13.6. The minimum absolute atomic E-state index is 0.0647. The van der Waals surface area contributed by atoms with E-state index in [4.69, 9.17) is 16.7 Å². The molecule has 2 rings (SSSR count). The Bertz CT molecular complexity index is 590. The van der Waals surface area contributed by atoms with Crippen molar-refractivity contribution in [2.45, 2.75) is 5.16 Å². The number of hydrogen-bond donors (Lipinski definition) is 2. The SMILES string of the molecule is O=C(O)CSc1n[nH]c(-c2ccc(I)c(Cl)c2)n1. The van der Waals surface area contributed by atoms with Crippen molar-refractivity contribution in [3.63, 3.8) is 0 Å². The van der Waals surface area contributed by atoms with Gasteiger partial charge in [0, 0.05) is 9.13 Å². The number of carboxylic acids is 1. The minimum Gasteiger partial charge on any atom is -0.481 e. The van der Waals surface area contributed by atoms with Gasteiger partial charge in [-0.15, -0.1) is 5.10 Å². The summed E-state index contributed by atoms with van der Waals surface area (Å²) in [7, 11) is 0. The normalized spacial score (nSPS) is 10.6. The summed E-state index contributed by atoms with van der Waals surface area (Å²) in [4.78, 5) is 14.6. The summed E-state index contributed by atoms with van der Waals surface area (Å²) in [5.74, 6) is -0.394. The number of carboxylic acid groups (broad SMARTS) is 1. The Labute approximate surface area is 125 Å². The van der Waals surface area contributed by atoms with Gasteiger partial charge in [-0.05, 0) is 34.7 Å². The molecule has 0 radical (unpaired) electrons. The van der Waals surface area contributed by atoms with Crippen molar-refractivity contribution in [3.05, 3.63) is 26.8 Å². The lowest BCUT2D eigenvalue weighted by atomic mass is 10.2. The number of thioether (sulfide) groups is 1. The second kappa shape index (κ2) is 5.89. The van der Waals surface area contributed by atoms with Crippen molar-refractivity contribution in [3.8, 4) is 11.4 Å². The number of nitrogens with one attached hydrogen (secondary N) is 1. The van der Waals surface area contributed by atoms with Crippen molar-refractivity contribution in [1.29, 1.82) is 0 Å². The Morgan fingerprint density at radius 3 is 3.00 bits per heavy atom. The van der Waals surface area contributed by atoms with Crippen molar-refractivity contribution < 1.29 is 9.90 Å². The van der Waals surface area contributed by atoms with Crippen molar-refractivity contribution in [2.75, 3.05) is 5.75 Å². The van der Waals surface area contributed by atoms with Gasteiger partial charge < -0.3 is 5.11 Å². The highest BCUT2D eigenvalue weighted by Gasteiger charge is 2.09. The Hall–Kier alpha value is -0.800. The number of aromatic amines is 1. The molecule has 1 aromatic carbocycles. The molecule has 0 aliphatic carbocycles. The number of halogens is 2. The number of benzene rings is 1. The second-order valence-corrected chi connectivity index (χ2v) is 5.79. The van der Waals surface area contributed by atoms with Crippen LogP contribution in [0.25, 0.3) is 11.4 Å². The molecule has 2 N–H and O–H groups in total. The fourth-order valence-electron chi connectivity index (χ4n) is 1.21. The van der Waals surface area contributed by atoms with Crippen LogP contribution < -0.4 is 0 Å². The van der Waals surface area contributed by atoms with E-state index in [0.717, 1.165) is 20.9 Å². The first-order valence-corrected chi connectivity index (χ1v) is 7.23. The van der Waals surface area contributed by atoms with Gasteiger partial charge in [0.05, 0.1) is 10.8 Å². The summed E-state index contributed by atoms with van der Waals surface area (Å²) in [6.45, 7) is 0. The van der Waals surface area contributed by atoms with Crippen LogP contribution in [0.15, 0.2) is 23.4 Å². The highest BCUT2D eigenvalue weighted by atomic mass is 127. The van der Waals surface area contributed by atoms with Gasteiger partial charge >= 0.3 is 5.97 Å². The van der Waals surface area contributed by atoms with E-state index in [9.17, 15) is 4.79 Å². The molecule has 0 fully saturated rings. The molecule has 18 heavy (non-hydrogen) atoms. The predicted octanol–water partition coefficient (Wildman–Crippen LogP) is 2.91. The second-order valence-electron chi connectivity index (χ2n) is 3.28. The molecule has 0 atom stereocenters. The molecule has 0 unspecified atom stereocenters. The smallest absolute Gasteiger partial charge is 0.313 e. The van der Waals surface area contributed by atoms with Gasteiger partial charge in [-0.3, -0.25) is 9.89 Å². The molecule has 0 spiro atoms. The third-order valence-electron chi connectivity index (χ3n) is 1.98. The van der Waals surface area contributed by atoms with Crippen LogP contribution in [0.3, 0.4) is 0 Å². The predicted molar refractivity (Wildman–Crippen MR) is 77.9 cm³/mol. The molecule has 0 aliphatic heterocycles. The molecule has 8 heteroatoms. The Morgan fingerprint density at radius 2 is 2.33 bits per heavy atom. The zero-order chi connectivity index (χ0) is 13.1. The summed E-state index contributed by atoms with van der Waals surface area (Å²) >= 11 is 9.22. The van der Waals surface area contributed by atoms with E-state index in [1.807, 2.05) is 12.1 Å². The number of hydrogen-bond acceptors (Lipinski definition) is 4. The van der Waals surface area contributed by atoms with Gasteiger partial charge in [-0.2, -0.15) is 0 Å². The van der Waals surface area contributed by atoms with Crippen LogP contribution in [-0.4, -0.2) is 32.0 Å². The van der Waals surface area contributed by atoms with E-state index >= 15 is 0 Å². The van der Waals surface area contributed by atoms with E-state index in [0.29, 0.717) is 16.0 Å². The van der Waals surface area contributed by atoms with Crippen LogP contribution in [0.4, 0.5) is 0 Å². The molecule has 5 nitrogen and oxygen atoms in total. The average Bonchev–Trinajstić information content (AvgIpc) is 2.79. The van der Waals surface area contributed by atoms with E-state index < -0.39 is 5.97 Å². The standard InChI is InChI=1S/C10H7ClIN3O2S/c11-6-3-5(1-2-7(6)12)9-13-10(15-14-9)18-4-8(16)17/h1-3H,4H2,(H,16,17)(H,13,14,15). The van der Waals surface area contributed by atoms with E-state index in [1.54, 1.807) is 6.07 Å². The van der Waals surface area contributed by atoms with E-state index in [1.165, 1.54) is 0 Å². The Morgan fingerprint density at radius 1 is 1.56 bits per heavy atom. The summed E-state index contributed by atoms with van der Waals surface area (Å²) in [5, 5.41) is 16.3. The zero-order valence-electron chi connectivity index (χ0n) is 8.85. The third-order valence-corrected chi connectivity index (χ3v) is 4.39. The lowest BCUT2D eigenvalue weighted by Gasteiger charge is -1.98. The van der Waals surface area contributed by atoms with E-state index in [2.05, 4.69) is 37.8 Å². The maximum atomic E-state index is 10.4. The van der Waals surface area contributed by atoms with Gasteiger partial charge in [0.15, 0.2) is 5.82 Å². The van der Waals surface area contributed by atoms with Gasteiger partial charge in [0.25, 0.3) is 0 Å². The molecule has 0 saturated carbocycles. The molecule has 1 aromatic heterocycles. The number of aromatic nitrogens is 3. The van der Waals surface area contributed by atoms with Gasteiger partial charge in [0.1, 0.15) is 0 Å². The summed E-state index contributed by atoms with van der Waals surface area (Å²) in [6, 6.07) is 5.54. The number of carbonyl (C=O) groups is 1. The highest BCUT2D eigenvalue weighted by molar-refractivity contribution is 14.1. The molecular formula is C10H7ClIN3O2S. The fraction of sp³-hybridized carbons (Fsp3) is 0.100. The molecule has 2 aromatic rings. The lowest BCUT2D eigenvalue weighted by Crippen LogP contribution is -1.97. The van der Waals surface area contributed by atoms with Crippen LogP contribution in [-0.2, 0) is 4.79 Å². The first-order valence-electron chi connectivity index (χ1n) is 4.78. The molecule has 0 saturated heterocycles. The summed E-state index contributed by atoms with van der Waals surface area (Å²) in [5.41, 5.74) is 0.815. The van der Waals surface area contributed by atoms with Crippen molar-refractivity contribution >= 4 is 51.9 Å². The lowest BCUT2D eigenvalue weighted by molar-refractivity contribution is -0.133. The highest BCUT2D eigenvalue weighted by Crippen LogP contribution is 2.25. The largest absolute Gasteiger partial charge is 0.481 e. The van der Waals surface area contributed by atoms with Crippen molar-refractivity contribution in [2.24, 2.45) is 0 Å². The minimum atomic E-state index is -0.899. The van der Waals surface area contributed by atoms with Gasteiger partial charge in [-0.1, -0.05) is 29.4 Å². The van der Waals surface area contributed by atoms with Crippen LogP contribution in [0, 0.1) is 3.57 Å².